The molecule has 0 atom stereocenters. The van der Waals surface area contributed by atoms with Gasteiger partial charge in [-0.25, -0.2) is 4.99 Å². The van der Waals surface area contributed by atoms with Gasteiger partial charge >= 0.3 is 0 Å². The minimum atomic E-state index is -0.175. The first kappa shape index (κ1) is 17.2. The van der Waals surface area contributed by atoms with Crippen molar-refractivity contribution in [1.29, 1.82) is 0 Å². The lowest BCUT2D eigenvalue weighted by atomic mass is 10.1. The van der Waals surface area contributed by atoms with E-state index in [0.717, 1.165) is 33.7 Å². The fraction of sp³-hybridized carbons (Fsp3) is 0.0400. The van der Waals surface area contributed by atoms with Crippen molar-refractivity contribution in [3.63, 3.8) is 0 Å². The van der Waals surface area contributed by atoms with E-state index in [2.05, 4.69) is 22.4 Å². The largest absolute Gasteiger partial charge is 0.457 e. The molecule has 5 rings (SSSR count). The predicted molar refractivity (Wildman–Crippen MR) is 116 cm³/mol. The van der Waals surface area contributed by atoms with Crippen LogP contribution in [0.5, 0.6) is 11.5 Å². The summed E-state index contributed by atoms with van der Waals surface area (Å²) in [5.41, 5.74) is 3.85. The molecular weight excluding hydrogens is 360 g/mol. The highest BCUT2D eigenvalue weighted by Gasteiger charge is 2.26. The lowest BCUT2D eigenvalue weighted by Crippen LogP contribution is -2.13. The van der Waals surface area contributed by atoms with Gasteiger partial charge in [0.2, 0.25) is 0 Å². The number of aryl methyl sites for hydroxylation is 1. The number of hydrogen-bond donors (Lipinski definition) is 1. The van der Waals surface area contributed by atoms with Crippen LogP contribution in [0.1, 0.15) is 11.1 Å². The van der Waals surface area contributed by atoms with Crippen LogP contribution >= 0.6 is 0 Å². The highest BCUT2D eigenvalue weighted by atomic mass is 16.5. The number of hydrogen-bond acceptors (Lipinski definition) is 3. The van der Waals surface area contributed by atoms with Crippen LogP contribution in [0.15, 0.2) is 89.9 Å². The van der Waals surface area contributed by atoms with E-state index < -0.39 is 0 Å². The fourth-order valence-electron chi connectivity index (χ4n) is 3.52. The molecule has 0 saturated heterocycles. The first-order valence-corrected chi connectivity index (χ1v) is 9.44. The molecule has 0 unspecified atom stereocenters. The molecule has 4 aromatic carbocycles. The molecule has 0 fully saturated rings. The van der Waals surface area contributed by atoms with Gasteiger partial charge in [-0.05, 0) is 59.7 Å². The Morgan fingerprint density at radius 3 is 2.38 bits per heavy atom. The number of aliphatic imine (C=N–C) groups is 1. The van der Waals surface area contributed by atoms with Crippen molar-refractivity contribution < 1.29 is 9.53 Å². The SMILES string of the molecule is Cc1cccc2c1NC(=O)C2=Nc1ccc(Oc2ccc3ccccc3c2)cc1. The van der Waals surface area contributed by atoms with Gasteiger partial charge in [0, 0.05) is 5.56 Å². The maximum absolute atomic E-state index is 12.3. The average Bonchev–Trinajstić information content (AvgIpc) is 3.06. The van der Waals surface area contributed by atoms with E-state index in [1.165, 1.54) is 5.39 Å². The Hall–Kier alpha value is -3.92. The minimum Gasteiger partial charge on any atom is -0.457 e. The molecule has 1 N–H and O–H groups in total. The van der Waals surface area contributed by atoms with Crippen molar-refractivity contribution in [3.05, 3.63) is 96.1 Å². The number of nitrogens with one attached hydrogen (secondary N) is 1. The van der Waals surface area contributed by atoms with Crippen LogP contribution in [0.25, 0.3) is 10.8 Å². The Bertz CT molecular complexity index is 1270. The smallest absolute Gasteiger partial charge is 0.275 e. The Kier molecular flexibility index (Phi) is 4.10. The van der Waals surface area contributed by atoms with Crippen LogP contribution in [-0.2, 0) is 4.79 Å². The van der Waals surface area contributed by atoms with Crippen molar-refractivity contribution >= 4 is 33.8 Å². The molecule has 4 heteroatoms. The third-order valence-corrected chi connectivity index (χ3v) is 5.02. The van der Waals surface area contributed by atoms with E-state index in [1.54, 1.807) is 0 Å². The number of carbonyl (C=O) groups excluding carboxylic acids is 1. The van der Waals surface area contributed by atoms with Crippen LogP contribution in [0, 0.1) is 6.92 Å². The number of benzene rings is 4. The molecule has 0 aromatic heterocycles. The molecule has 4 nitrogen and oxygen atoms in total. The van der Waals surface area contributed by atoms with Crippen molar-refractivity contribution in [1.82, 2.24) is 0 Å². The lowest BCUT2D eigenvalue weighted by molar-refractivity contribution is -0.110. The topological polar surface area (TPSA) is 50.7 Å². The Balaban J connectivity index is 1.40. The Morgan fingerprint density at radius 1 is 0.793 bits per heavy atom. The normalized spacial score (nSPS) is 14.1. The molecule has 4 aromatic rings. The monoisotopic (exact) mass is 378 g/mol. The number of para-hydroxylation sites is 1. The zero-order chi connectivity index (χ0) is 19.8. The van der Waals surface area contributed by atoms with Crippen LogP contribution in [0.3, 0.4) is 0 Å². The van der Waals surface area contributed by atoms with E-state index in [9.17, 15) is 4.79 Å². The molecule has 0 bridgehead atoms. The molecule has 140 valence electrons. The summed E-state index contributed by atoms with van der Waals surface area (Å²) in [7, 11) is 0. The second-order valence-corrected chi connectivity index (χ2v) is 7.02. The van der Waals surface area contributed by atoms with Crippen molar-refractivity contribution in [2.75, 3.05) is 5.32 Å². The lowest BCUT2D eigenvalue weighted by Gasteiger charge is -2.07. The molecule has 0 saturated carbocycles. The van der Waals surface area contributed by atoms with Gasteiger partial charge in [-0.1, -0.05) is 48.5 Å². The summed E-state index contributed by atoms with van der Waals surface area (Å²) >= 11 is 0. The fourth-order valence-corrected chi connectivity index (χ4v) is 3.52. The summed E-state index contributed by atoms with van der Waals surface area (Å²) in [4.78, 5) is 16.9. The summed E-state index contributed by atoms with van der Waals surface area (Å²) in [6.07, 6.45) is 0. The summed E-state index contributed by atoms with van der Waals surface area (Å²) < 4.78 is 5.98. The van der Waals surface area contributed by atoms with Crippen molar-refractivity contribution in [2.45, 2.75) is 6.92 Å². The van der Waals surface area contributed by atoms with Crippen LogP contribution in [0.2, 0.25) is 0 Å². The maximum atomic E-state index is 12.3. The van der Waals surface area contributed by atoms with E-state index in [0.29, 0.717) is 11.4 Å². The number of fused-ring (bicyclic) bond motifs is 2. The number of rotatable bonds is 3. The number of amides is 1. The summed E-state index contributed by atoms with van der Waals surface area (Å²) in [5, 5.41) is 5.21. The van der Waals surface area contributed by atoms with Gasteiger partial charge in [0.25, 0.3) is 5.91 Å². The highest BCUT2D eigenvalue weighted by molar-refractivity contribution is 6.54. The zero-order valence-corrected chi connectivity index (χ0v) is 15.8. The van der Waals surface area contributed by atoms with Crippen molar-refractivity contribution in [3.8, 4) is 11.5 Å². The van der Waals surface area contributed by atoms with Gasteiger partial charge in [-0.2, -0.15) is 0 Å². The Morgan fingerprint density at radius 2 is 1.55 bits per heavy atom. The van der Waals surface area contributed by atoms with Gasteiger partial charge in [0.15, 0.2) is 0 Å². The number of anilines is 1. The van der Waals surface area contributed by atoms with E-state index in [1.807, 2.05) is 79.7 Å². The minimum absolute atomic E-state index is 0.175. The van der Waals surface area contributed by atoms with Gasteiger partial charge in [-0.3, -0.25) is 4.79 Å². The number of carbonyl (C=O) groups is 1. The molecule has 0 radical (unpaired) electrons. The Labute approximate surface area is 168 Å². The zero-order valence-electron chi connectivity index (χ0n) is 15.8. The summed E-state index contributed by atoms with van der Waals surface area (Å²) in [6.45, 7) is 1.97. The highest BCUT2D eigenvalue weighted by Crippen LogP contribution is 2.30. The first-order valence-electron chi connectivity index (χ1n) is 9.44. The molecule has 0 aliphatic carbocycles. The van der Waals surface area contributed by atoms with Crippen LogP contribution < -0.4 is 10.1 Å². The number of nitrogens with zero attached hydrogens (tertiary/aromatic N) is 1. The van der Waals surface area contributed by atoms with Gasteiger partial charge in [-0.15, -0.1) is 0 Å². The molecular formula is C25H18N2O2. The molecule has 1 aliphatic heterocycles. The van der Waals surface area contributed by atoms with Crippen LogP contribution in [-0.4, -0.2) is 11.6 Å². The molecule has 29 heavy (non-hydrogen) atoms. The summed E-state index contributed by atoms with van der Waals surface area (Å²) in [6, 6.07) is 27.4. The maximum Gasteiger partial charge on any atom is 0.275 e. The van der Waals surface area contributed by atoms with Gasteiger partial charge in [0.1, 0.15) is 17.2 Å². The predicted octanol–water partition coefficient (Wildman–Crippen LogP) is 6.01. The third kappa shape index (κ3) is 3.25. The van der Waals surface area contributed by atoms with Crippen molar-refractivity contribution in [2.24, 2.45) is 4.99 Å². The first-order chi connectivity index (χ1) is 14.2. The van der Waals surface area contributed by atoms with Gasteiger partial charge in [0.05, 0.1) is 11.4 Å². The molecule has 0 spiro atoms. The van der Waals surface area contributed by atoms with E-state index >= 15 is 0 Å². The molecule has 1 aliphatic rings. The quantitative estimate of drug-likeness (QED) is 0.474. The number of ether oxygens (including phenoxy) is 1. The molecule has 1 heterocycles. The third-order valence-electron chi connectivity index (χ3n) is 5.02. The van der Waals surface area contributed by atoms with Crippen LogP contribution in [0.4, 0.5) is 11.4 Å². The van der Waals surface area contributed by atoms with Gasteiger partial charge < -0.3 is 10.1 Å². The second-order valence-electron chi connectivity index (χ2n) is 7.02. The summed E-state index contributed by atoms with van der Waals surface area (Å²) in [5.74, 6) is 1.32. The van der Waals surface area contributed by atoms with E-state index in [4.69, 9.17) is 4.74 Å². The second kappa shape index (κ2) is 6.91. The van der Waals surface area contributed by atoms with E-state index in [-0.39, 0.29) is 5.91 Å². The average molecular weight is 378 g/mol. The molecule has 1 amide bonds. The standard InChI is InChI=1S/C25H18N2O2/c1-16-5-4-8-22-23(16)27-25(28)24(22)26-19-10-13-20(14-11-19)29-21-12-9-17-6-2-3-7-18(17)15-21/h2-15H,1H3,(H,26,27,28).